The van der Waals surface area contributed by atoms with Crippen LogP contribution in [0.1, 0.15) is 24.8 Å². The Labute approximate surface area is 113 Å². The molecule has 102 valence electrons. The minimum absolute atomic E-state index is 0.285. The first kappa shape index (κ1) is 12.4. The fraction of sp³-hybridized carbons (Fsp3) is 0.571. The molecule has 1 fully saturated rings. The average Bonchev–Trinajstić information content (AvgIpc) is 2.68. The van der Waals surface area contributed by atoms with Gasteiger partial charge in [-0.15, -0.1) is 5.10 Å². The maximum atomic E-state index is 4.52. The van der Waals surface area contributed by atoms with E-state index < -0.39 is 0 Å². The fourth-order valence-corrected chi connectivity index (χ4v) is 2.67. The molecule has 3 rings (SSSR count). The van der Waals surface area contributed by atoms with Crippen LogP contribution >= 0.6 is 0 Å². The van der Waals surface area contributed by atoms with E-state index in [1.54, 1.807) is 0 Å². The molecule has 2 heterocycles. The predicted molar refractivity (Wildman–Crippen MR) is 76.5 cm³/mol. The van der Waals surface area contributed by atoms with Gasteiger partial charge < -0.3 is 10.2 Å². The third-order valence-electron chi connectivity index (χ3n) is 4.30. The lowest BCUT2D eigenvalue weighted by molar-refractivity contribution is 0.0737. The molecule has 0 bridgehead atoms. The van der Waals surface area contributed by atoms with Crippen molar-refractivity contribution in [2.24, 2.45) is 0 Å². The number of likely N-dealkylation sites (N-methyl/N-ethyl adjacent to an activating group) is 1. The van der Waals surface area contributed by atoms with Gasteiger partial charge in [0.2, 0.25) is 5.95 Å². The predicted octanol–water partition coefficient (Wildman–Crippen LogP) is 1.93. The number of hydrogen-bond donors (Lipinski definition) is 1. The number of hydrogen-bond acceptors (Lipinski definition) is 4. The van der Waals surface area contributed by atoms with Crippen LogP contribution in [0, 0.1) is 6.92 Å². The highest BCUT2D eigenvalue weighted by atomic mass is 15.3. The molecule has 0 radical (unpaired) electrons. The molecule has 0 amide bonds. The Morgan fingerprint density at radius 1 is 1.42 bits per heavy atom. The minimum Gasteiger partial charge on any atom is -0.351 e. The molecule has 2 aromatic rings. The van der Waals surface area contributed by atoms with Gasteiger partial charge in [0.15, 0.2) is 5.65 Å². The van der Waals surface area contributed by atoms with E-state index in [1.807, 2.05) is 22.8 Å². The third kappa shape index (κ3) is 2.18. The first-order chi connectivity index (χ1) is 9.09. The SMILES string of the molecule is Cc1ccn2nc(NCC3(N(C)C)CCC3)nc2c1. The maximum Gasteiger partial charge on any atom is 0.243 e. The van der Waals surface area contributed by atoms with Crippen LogP contribution in [-0.4, -0.2) is 45.7 Å². The van der Waals surface area contributed by atoms with Gasteiger partial charge in [0.25, 0.3) is 0 Å². The summed E-state index contributed by atoms with van der Waals surface area (Å²) in [6, 6.07) is 4.09. The van der Waals surface area contributed by atoms with Crippen LogP contribution < -0.4 is 5.32 Å². The number of aromatic nitrogens is 3. The van der Waals surface area contributed by atoms with Crippen molar-refractivity contribution < 1.29 is 0 Å². The van der Waals surface area contributed by atoms with E-state index in [0.717, 1.165) is 18.1 Å². The summed E-state index contributed by atoms with van der Waals surface area (Å²) >= 11 is 0. The summed E-state index contributed by atoms with van der Waals surface area (Å²) in [5.41, 5.74) is 2.39. The zero-order chi connectivity index (χ0) is 13.5. The van der Waals surface area contributed by atoms with Crippen LogP contribution in [0.3, 0.4) is 0 Å². The normalized spacial score (nSPS) is 17.7. The molecule has 1 saturated carbocycles. The fourth-order valence-electron chi connectivity index (χ4n) is 2.67. The first-order valence-corrected chi connectivity index (χ1v) is 6.83. The van der Waals surface area contributed by atoms with Crippen molar-refractivity contribution in [3.05, 3.63) is 23.9 Å². The molecule has 5 nitrogen and oxygen atoms in total. The molecule has 0 unspecified atom stereocenters. The van der Waals surface area contributed by atoms with Gasteiger partial charge in [0, 0.05) is 18.3 Å². The van der Waals surface area contributed by atoms with Crippen LogP contribution in [0.15, 0.2) is 18.3 Å². The quantitative estimate of drug-likeness (QED) is 0.911. The highest BCUT2D eigenvalue weighted by Crippen LogP contribution is 2.36. The summed E-state index contributed by atoms with van der Waals surface area (Å²) < 4.78 is 1.82. The molecule has 0 spiro atoms. The van der Waals surface area contributed by atoms with Crippen LogP contribution in [0.25, 0.3) is 5.65 Å². The largest absolute Gasteiger partial charge is 0.351 e. The van der Waals surface area contributed by atoms with Crippen molar-refractivity contribution >= 4 is 11.6 Å². The van der Waals surface area contributed by atoms with Gasteiger partial charge in [-0.2, -0.15) is 4.98 Å². The van der Waals surface area contributed by atoms with Crippen LogP contribution in [0.5, 0.6) is 0 Å². The van der Waals surface area contributed by atoms with Gasteiger partial charge in [-0.3, -0.25) is 0 Å². The molecule has 0 aliphatic heterocycles. The van der Waals surface area contributed by atoms with Crippen molar-refractivity contribution in [1.82, 2.24) is 19.5 Å². The van der Waals surface area contributed by atoms with Crippen molar-refractivity contribution in [2.75, 3.05) is 26.0 Å². The molecule has 5 heteroatoms. The standard InChI is InChI=1S/C14H21N5/c1-11-5-8-19-12(9-11)16-13(17-19)15-10-14(18(2)3)6-4-7-14/h5,8-9H,4,6-7,10H2,1-3H3,(H,15,17). The smallest absolute Gasteiger partial charge is 0.243 e. The first-order valence-electron chi connectivity index (χ1n) is 6.83. The van der Waals surface area contributed by atoms with Gasteiger partial charge in [-0.1, -0.05) is 0 Å². The monoisotopic (exact) mass is 259 g/mol. The second-order valence-corrected chi connectivity index (χ2v) is 5.77. The van der Waals surface area contributed by atoms with Crippen LogP contribution in [0.4, 0.5) is 5.95 Å². The minimum atomic E-state index is 0.285. The Morgan fingerprint density at radius 2 is 2.21 bits per heavy atom. The highest BCUT2D eigenvalue weighted by Gasteiger charge is 2.38. The number of nitrogens with one attached hydrogen (secondary N) is 1. The van der Waals surface area contributed by atoms with E-state index >= 15 is 0 Å². The van der Waals surface area contributed by atoms with Crippen molar-refractivity contribution in [2.45, 2.75) is 31.7 Å². The van der Waals surface area contributed by atoms with Gasteiger partial charge in [0.1, 0.15) is 0 Å². The lowest BCUT2D eigenvalue weighted by Crippen LogP contribution is -2.54. The van der Waals surface area contributed by atoms with Crippen molar-refractivity contribution in [3.63, 3.8) is 0 Å². The number of aryl methyl sites for hydroxylation is 1. The average molecular weight is 259 g/mol. The topological polar surface area (TPSA) is 45.5 Å². The van der Waals surface area contributed by atoms with E-state index in [-0.39, 0.29) is 5.54 Å². The number of rotatable bonds is 4. The maximum absolute atomic E-state index is 4.52. The third-order valence-corrected chi connectivity index (χ3v) is 4.30. The number of nitrogens with zero attached hydrogens (tertiary/aromatic N) is 4. The summed E-state index contributed by atoms with van der Waals surface area (Å²) in [6.45, 7) is 2.98. The van der Waals surface area contributed by atoms with E-state index in [0.29, 0.717) is 0 Å². The van der Waals surface area contributed by atoms with E-state index in [1.165, 1.54) is 24.8 Å². The Hall–Kier alpha value is -1.62. The van der Waals surface area contributed by atoms with Crippen LogP contribution in [-0.2, 0) is 0 Å². The summed E-state index contributed by atoms with van der Waals surface area (Å²) in [7, 11) is 4.31. The Balaban J connectivity index is 1.75. The molecule has 1 aliphatic rings. The van der Waals surface area contributed by atoms with Crippen molar-refractivity contribution in [1.29, 1.82) is 0 Å². The molecule has 1 N–H and O–H groups in total. The molecular weight excluding hydrogens is 238 g/mol. The number of anilines is 1. The van der Waals surface area contributed by atoms with E-state index in [4.69, 9.17) is 0 Å². The zero-order valence-corrected chi connectivity index (χ0v) is 11.8. The molecule has 19 heavy (non-hydrogen) atoms. The van der Waals surface area contributed by atoms with Crippen molar-refractivity contribution in [3.8, 4) is 0 Å². The van der Waals surface area contributed by atoms with Gasteiger partial charge in [-0.25, -0.2) is 4.52 Å². The summed E-state index contributed by atoms with van der Waals surface area (Å²) in [6.07, 6.45) is 5.77. The van der Waals surface area contributed by atoms with Gasteiger partial charge in [-0.05, 0) is 58.0 Å². The Morgan fingerprint density at radius 3 is 2.84 bits per heavy atom. The lowest BCUT2D eigenvalue weighted by atomic mass is 9.75. The molecule has 0 aromatic carbocycles. The van der Waals surface area contributed by atoms with Gasteiger partial charge in [0.05, 0.1) is 0 Å². The highest BCUT2D eigenvalue weighted by molar-refractivity contribution is 5.45. The summed E-state index contributed by atoms with van der Waals surface area (Å²) in [5, 5.41) is 7.84. The second kappa shape index (κ2) is 4.49. The number of fused-ring (bicyclic) bond motifs is 1. The Bertz CT molecular complexity index is 583. The molecular formula is C14H21N5. The molecule has 0 saturated heterocycles. The van der Waals surface area contributed by atoms with Crippen LogP contribution in [0.2, 0.25) is 0 Å². The Kier molecular flexibility index (Phi) is 2.93. The molecule has 1 aliphatic carbocycles. The van der Waals surface area contributed by atoms with E-state index in [9.17, 15) is 0 Å². The zero-order valence-electron chi connectivity index (χ0n) is 11.8. The summed E-state index contributed by atoms with van der Waals surface area (Å²) in [4.78, 5) is 6.84. The lowest BCUT2D eigenvalue weighted by Gasteiger charge is -2.47. The summed E-state index contributed by atoms with van der Waals surface area (Å²) in [5.74, 6) is 0.721. The second-order valence-electron chi connectivity index (χ2n) is 5.77. The number of pyridine rings is 1. The van der Waals surface area contributed by atoms with Gasteiger partial charge >= 0.3 is 0 Å². The molecule has 0 atom stereocenters. The van der Waals surface area contributed by atoms with E-state index in [2.05, 4.69) is 41.3 Å². The molecule has 2 aromatic heterocycles.